The van der Waals surface area contributed by atoms with Gasteiger partial charge >= 0.3 is 0 Å². The lowest BCUT2D eigenvalue weighted by atomic mass is 10.2. The van der Waals surface area contributed by atoms with Crippen LogP contribution in [0.4, 0.5) is 11.5 Å². The van der Waals surface area contributed by atoms with Gasteiger partial charge < -0.3 is 10.2 Å². The summed E-state index contributed by atoms with van der Waals surface area (Å²) in [7, 11) is -1.37. The normalized spacial score (nSPS) is 18.7. The van der Waals surface area contributed by atoms with E-state index in [1.165, 1.54) is 11.1 Å². The summed E-state index contributed by atoms with van der Waals surface area (Å²) < 4.78 is 23.2. The van der Waals surface area contributed by atoms with Crippen LogP contribution in [0, 0.1) is 6.92 Å². The minimum absolute atomic E-state index is 0.0374. The smallest absolute Gasteiger partial charge is 0.255 e. The Morgan fingerprint density at radius 1 is 1.28 bits per heavy atom. The number of rotatable bonds is 4. The van der Waals surface area contributed by atoms with Gasteiger partial charge in [-0.1, -0.05) is 12.1 Å². The molecular formula is C18H21N3O3S. The Kier molecular flexibility index (Phi) is 4.76. The van der Waals surface area contributed by atoms with Crippen LogP contribution >= 0.6 is 0 Å². The molecule has 1 amide bonds. The molecule has 1 saturated heterocycles. The van der Waals surface area contributed by atoms with Gasteiger partial charge in [-0.2, -0.15) is 0 Å². The van der Waals surface area contributed by atoms with Crippen LogP contribution in [0.25, 0.3) is 0 Å². The van der Waals surface area contributed by atoms with Gasteiger partial charge in [0, 0.05) is 25.0 Å². The van der Waals surface area contributed by atoms with Crippen molar-refractivity contribution in [3.63, 3.8) is 0 Å². The van der Waals surface area contributed by atoms with Crippen LogP contribution in [0.3, 0.4) is 0 Å². The van der Waals surface area contributed by atoms with Crippen LogP contribution in [0.5, 0.6) is 0 Å². The highest BCUT2D eigenvalue weighted by atomic mass is 32.2. The maximum atomic E-state index is 12.5. The first-order valence-electron chi connectivity index (χ1n) is 8.11. The van der Waals surface area contributed by atoms with Crippen molar-refractivity contribution in [3.05, 3.63) is 53.7 Å². The lowest BCUT2D eigenvalue weighted by Gasteiger charge is -2.23. The number of benzene rings is 1. The molecule has 0 bridgehead atoms. The summed E-state index contributed by atoms with van der Waals surface area (Å²) in [4.78, 5) is 18.3. The number of carbonyl (C=O) groups is 1. The fourth-order valence-electron chi connectivity index (χ4n) is 2.92. The Balaban J connectivity index is 1.68. The fourth-order valence-corrected chi connectivity index (χ4v) is 4.69. The van der Waals surface area contributed by atoms with Gasteiger partial charge in [-0.05, 0) is 43.2 Å². The number of hydrogen-bond acceptors (Lipinski definition) is 5. The van der Waals surface area contributed by atoms with Gasteiger partial charge in [0.25, 0.3) is 5.91 Å². The molecule has 0 spiro atoms. The van der Waals surface area contributed by atoms with Gasteiger partial charge in [0.05, 0.1) is 17.1 Å². The predicted octanol–water partition coefficient (Wildman–Crippen LogP) is 2.39. The van der Waals surface area contributed by atoms with Gasteiger partial charge in [0.15, 0.2) is 9.84 Å². The van der Waals surface area contributed by atoms with E-state index >= 15 is 0 Å². The first kappa shape index (κ1) is 17.4. The van der Waals surface area contributed by atoms with E-state index in [1.54, 1.807) is 19.2 Å². The van der Waals surface area contributed by atoms with Gasteiger partial charge in [0.1, 0.15) is 5.82 Å². The van der Waals surface area contributed by atoms with Crippen molar-refractivity contribution in [3.8, 4) is 0 Å². The van der Waals surface area contributed by atoms with Crippen molar-refractivity contribution in [2.45, 2.75) is 19.4 Å². The van der Waals surface area contributed by atoms with E-state index in [1.807, 2.05) is 31.2 Å². The molecule has 1 unspecified atom stereocenters. The van der Waals surface area contributed by atoms with Crippen LogP contribution in [0.15, 0.2) is 42.6 Å². The third kappa shape index (κ3) is 4.17. The molecule has 2 aromatic rings. The summed E-state index contributed by atoms with van der Waals surface area (Å²) in [5.74, 6) is 0.618. The first-order chi connectivity index (χ1) is 11.8. The number of aryl methyl sites for hydroxylation is 1. The van der Waals surface area contributed by atoms with Crippen LogP contribution in [0.1, 0.15) is 22.3 Å². The SMILES string of the molecule is Cc1cccc(Nc2ccc(C(=O)N(C)C3CCS(=O)(=O)C3)cn2)c1. The van der Waals surface area contributed by atoms with E-state index < -0.39 is 9.84 Å². The average Bonchev–Trinajstić information content (AvgIpc) is 2.94. The summed E-state index contributed by atoms with van der Waals surface area (Å²) in [6.45, 7) is 2.01. The summed E-state index contributed by atoms with van der Waals surface area (Å²) in [5.41, 5.74) is 2.52. The number of anilines is 2. The zero-order valence-electron chi connectivity index (χ0n) is 14.3. The summed E-state index contributed by atoms with van der Waals surface area (Å²) in [6, 6.07) is 11.1. The van der Waals surface area contributed by atoms with E-state index in [9.17, 15) is 13.2 Å². The van der Waals surface area contributed by atoms with E-state index in [0.29, 0.717) is 17.8 Å². The van der Waals surface area contributed by atoms with Gasteiger partial charge in [0.2, 0.25) is 0 Å². The van der Waals surface area contributed by atoms with Crippen molar-refractivity contribution in [1.29, 1.82) is 0 Å². The summed E-state index contributed by atoms with van der Waals surface area (Å²) >= 11 is 0. The molecule has 3 rings (SSSR count). The van der Waals surface area contributed by atoms with Gasteiger partial charge in [-0.3, -0.25) is 4.79 Å². The highest BCUT2D eigenvalue weighted by Gasteiger charge is 2.33. The Morgan fingerprint density at radius 3 is 2.68 bits per heavy atom. The Bertz CT molecular complexity index is 879. The Hall–Kier alpha value is -2.41. The molecule has 6 nitrogen and oxygen atoms in total. The van der Waals surface area contributed by atoms with E-state index in [-0.39, 0.29) is 23.5 Å². The summed E-state index contributed by atoms with van der Waals surface area (Å²) in [6.07, 6.45) is 2.01. The highest BCUT2D eigenvalue weighted by Crippen LogP contribution is 2.20. The number of sulfone groups is 1. The number of hydrogen-bond donors (Lipinski definition) is 1. The van der Waals surface area contributed by atoms with Crippen molar-refractivity contribution < 1.29 is 13.2 Å². The molecule has 1 aliphatic heterocycles. The number of carbonyl (C=O) groups excluding carboxylic acids is 1. The molecule has 1 atom stereocenters. The van der Waals surface area contributed by atoms with E-state index in [0.717, 1.165) is 11.3 Å². The van der Waals surface area contributed by atoms with Crippen LogP contribution in [-0.2, 0) is 9.84 Å². The predicted molar refractivity (Wildman–Crippen MR) is 97.9 cm³/mol. The lowest BCUT2D eigenvalue weighted by Crippen LogP contribution is -2.37. The zero-order chi connectivity index (χ0) is 18.0. The fraction of sp³-hybridized carbons (Fsp3) is 0.333. The van der Waals surface area contributed by atoms with Crippen LogP contribution < -0.4 is 5.32 Å². The molecule has 1 fully saturated rings. The van der Waals surface area contributed by atoms with Crippen LogP contribution in [0.2, 0.25) is 0 Å². The highest BCUT2D eigenvalue weighted by molar-refractivity contribution is 7.91. The quantitative estimate of drug-likeness (QED) is 0.907. The second-order valence-corrected chi connectivity index (χ2v) is 8.63. The third-order valence-electron chi connectivity index (χ3n) is 4.38. The lowest BCUT2D eigenvalue weighted by molar-refractivity contribution is 0.0747. The van der Waals surface area contributed by atoms with Crippen molar-refractivity contribution in [1.82, 2.24) is 9.88 Å². The number of aromatic nitrogens is 1. The van der Waals surface area contributed by atoms with Gasteiger partial charge in [-0.25, -0.2) is 13.4 Å². The van der Waals surface area contributed by atoms with Crippen molar-refractivity contribution >= 4 is 27.2 Å². The average molecular weight is 359 g/mol. The topological polar surface area (TPSA) is 79.4 Å². The van der Waals surface area contributed by atoms with Gasteiger partial charge in [-0.15, -0.1) is 0 Å². The molecule has 1 aromatic carbocycles. The molecule has 7 heteroatoms. The van der Waals surface area contributed by atoms with Crippen molar-refractivity contribution in [2.75, 3.05) is 23.9 Å². The number of nitrogens with one attached hydrogen (secondary N) is 1. The van der Waals surface area contributed by atoms with Crippen LogP contribution in [-0.4, -0.2) is 48.8 Å². The Morgan fingerprint density at radius 2 is 2.08 bits per heavy atom. The standard InChI is InChI=1S/C18H21N3O3S/c1-13-4-3-5-15(10-13)20-17-7-6-14(11-19-17)18(22)21(2)16-8-9-25(23,24)12-16/h3-7,10-11,16H,8-9,12H2,1-2H3,(H,19,20). The Labute approximate surface area is 147 Å². The molecule has 1 N–H and O–H groups in total. The monoisotopic (exact) mass is 359 g/mol. The maximum absolute atomic E-state index is 12.5. The molecular weight excluding hydrogens is 338 g/mol. The third-order valence-corrected chi connectivity index (χ3v) is 6.13. The number of amides is 1. The zero-order valence-corrected chi connectivity index (χ0v) is 15.1. The molecule has 132 valence electrons. The first-order valence-corrected chi connectivity index (χ1v) is 9.93. The molecule has 0 aliphatic carbocycles. The number of pyridine rings is 1. The minimum Gasteiger partial charge on any atom is -0.340 e. The molecule has 25 heavy (non-hydrogen) atoms. The maximum Gasteiger partial charge on any atom is 0.255 e. The molecule has 1 aromatic heterocycles. The van der Waals surface area contributed by atoms with Crippen molar-refractivity contribution in [2.24, 2.45) is 0 Å². The second-order valence-electron chi connectivity index (χ2n) is 6.40. The number of nitrogens with zero attached hydrogens (tertiary/aromatic N) is 2. The van der Waals surface area contributed by atoms with E-state index in [2.05, 4.69) is 10.3 Å². The largest absolute Gasteiger partial charge is 0.340 e. The summed E-state index contributed by atoms with van der Waals surface area (Å²) in [5, 5.41) is 3.19. The molecule has 2 heterocycles. The minimum atomic E-state index is -3.02. The molecule has 0 saturated carbocycles. The second kappa shape index (κ2) is 6.84. The molecule has 0 radical (unpaired) electrons. The molecule has 1 aliphatic rings. The van der Waals surface area contributed by atoms with E-state index in [4.69, 9.17) is 0 Å².